The van der Waals surface area contributed by atoms with Crippen LogP contribution in [0.1, 0.15) is 44.6 Å². The van der Waals surface area contributed by atoms with Gasteiger partial charge in [0, 0.05) is 16.5 Å². The first kappa shape index (κ1) is 17.0. The molecule has 1 fully saturated rings. The molecule has 0 unspecified atom stereocenters. The number of hydrogen-bond donors (Lipinski definition) is 0. The van der Waals surface area contributed by atoms with Crippen molar-refractivity contribution < 1.29 is 14.3 Å². The fourth-order valence-corrected chi connectivity index (χ4v) is 3.07. The quantitative estimate of drug-likeness (QED) is 0.549. The van der Waals surface area contributed by atoms with Gasteiger partial charge < -0.3 is 4.74 Å². The molecule has 0 saturated heterocycles. The summed E-state index contributed by atoms with van der Waals surface area (Å²) >= 11 is 12.1. The Kier molecular flexibility index (Phi) is 5.30. The van der Waals surface area contributed by atoms with E-state index in [2.05, 4.69) is 6.58 Å². The van der Waals surface area contributed by atoms with Gasteiger partial charge >= 0.3 is 5.97 Å². The summed E-state index contributed by atoms with van der Waals surface area (Å²) in [5, 5.41) is 1.02. The molecule has 0 aromatic heterocycles. The van der Waals surface area contributed by atoms with Crippen LogP contribution < -0.4 is 0 Å². The second-order valence-electron chi connectivity index (χ2n) is 5.54. The highest BCUT2D eigenvalue weighted by atomic mass is 35.5. The summed E-state index contributed by atoms with van der Waals surface area (Å²) in [5.74, 6) is -0.562. The van der Waals surface area contributed by atoms with E-state index in [0.717, 1.165) is 24.8 Å². The predicted molar refractivity (Wildman–Crippen MR) is 87.1 cm³/mol. The molecule has 5 heteroatoms. The van der Waals surface area contributed by atoms with Gasteiger partial charge in [0.25, 0.3) is 0 Å². The fourth-order valence-electron chi connectivity index (χ4n) is 2.54. The van der Waals surface area contributed by atoms with Crippen LogP contribution in [0.15, 0.2) is 30.4 Å². The van der Waals surface area contributed by atoms with Crippen molar-refractivity contribution in [2.75, 3.05) is 0 Å². The number of benzene rings is 1. The van der Waals surface area contributed by atoms with Crippen LogP contribution in [0.2, 0.25) is 10.0 Å². The Morgan fingerprint density at radius 2 is 1.82 bits per heavy atom. The van der Waals surface area contributed by atoms with Crippen molar-refractivity contribution in [3.05, 3.63) is 46.0 Å². The largest absolute Gasteiger partial charge is 0.454 e. The molecule has 118 valence electrons. The van der Waals surface area contributed by atoms with Gasteiger partial charge in [0.1, 0.15) is 5.60 Å². The van der Waals surface area contributed by atoms with Crippen molar-refractivity contribution in [2.45, 2.75) is 44.6 Å². The minimum absolute atomic E-state index is 0.0806. The molecule has 0 spiro atoms. The molecular weight excluding hydrogens is 323 g/mol. The van der Waals surface area contributed by atoms with Gasteiger partial charge in [0.05, 0.1) is 6.42 Å². The molecule has 0 aliphatic heterocycles. The number of Topliss-reactive ketones (excluding diaryl/α,β-unsaturated/α-hetero) is 1. The van der Waals surface area contributed by atoms with Crippen LogP contribution in [-0.4, -0.2) is 11.8 Å². The van der Waals surface area contributed by atoms with E-state index < -0.39 is 11.6 Å². The SMILES string of the molecule is C=C(CC(=O)OC1(c2cc(Cl)cc(Cl)c2)CCC1)C(=O)CC. The van der Waals surface area contributed by atoms with E-state index in [1.165, 1.54) is 0 Å². The number of halogens is 2. The van der Waals surface area contributed by atoms with E-state index in [9.17, 15) is 9.59 Å². The molecule has 0 N–H and O–H groups in total. The summed E-state index contributed by atoms with van der Waals surface area (Å²) in [6, 6.07) is 5.18. The smallest absolute Gasteiger partial charge is 0.311 e. The van der Waals surface area contributed by atoms with Gasteiger partial charge in [-0.05, 0) is 48.6 Å². The standard InChI is InChI=1S/C17H18Cl2O3/c1-3-15(20)11(2)7-16(21)22-17(5-4-6-17)12-8-13(18)10-14(19)9-12/h8-10H,2-7H2,1H3. The lowest BCUT2D eigenvalue weighted by Gasteiger charge is -2.41. The minimum atomic E-state index is -0.679. The zero-order chi connectivity index (χ0) is 16.3. The van der Waals surface area contributed by atoms with E-state index in [0.29, 0.717) is 16.5 Å². The zero-order valence-corrected chi connectivity index (χ0v) is 14.0. The summed E-state index contributed by atoms with van der Waals surface area (Å²) in [5.41, 5.74) is 0.407. The number of hydrogen-bond acceptors (Lipinski definition) is 3. The maximum Gasteiger partial charge on any atom is 0.311 e. The molecule has 0 radical (unpaired) electrons. The third kappa shape index (κ3) is 3.71. The number of ketones is 1. The molecule has 22 heavy (non-hydrogen) atoms. The lowest BCUT2D eigenvalue weighted by Crippen LogP contribution is -2.39. The van der Waals surface area contributed by atoms with Gasteiger partial charge in [0.15, 0.2) is 5.78 Å². The third-order valence-electron chi connectivity index (χ3n) is 3.93. The third-order valence-corrected chi connectivity index (χ3v) is 4.37. The molecule has 0 bridgehead atoms. The van der Waals surface area contributed by atoms with Crippen molar-refractivity contribution in [1.29, 1.82) is 0 Å². The fraction of sp³-hybridized carbons (Fsp3) is 0.412. The summed E-state index contributed by atoms with van der Waals surface area (Å²) < 4.78 is 5.67. The van der Waals surface area contributed by atoms with Crippen molar-refractivity contribution in [3.63, 3.8) is 0 Å². The minimum Gasteiger partial charge on any atom is -0.454 e. The van der Waals surface area contributed by atoms with E-state index >= 15 is 0 Å². The van der Waals surface area contributed by atoms with Gasteiger partial charge in [-0.15, -0.1) is 0 Å². The Hall–Kier alpha value is -1.32. The van der Waals surface area contributed by atoms with E-state index in [1.54, 1.807) is 25.1 Å². The second-order valence-corrected chi connectivity index (χ2v) is 6.41. The maximum absolute atomic E-state index is 12.1. The van der Waals surface area contributed by atoms with Crippen LogP contribution in [0, 0.1) is 0 Å². The molecule has 0 heterocycles. The van der Waals surface area contributed by atoms with E-state index in [4.69, 9.17) is 27.9 Å². The lowest BCUT2D eigenvalue weighted by atomic mass is 9.75. The van der Waals surface area contributed by atoms with E-state index in [-0.39, 0.29) is 17.8 Å². The van der Waals surface area contributed by atoms with Crippen molar-refractivity contribution in [3.8, 4) is 0 Å². The van der Waals surface area contributed by atoms with Crippen LogP contribution in [0.3, 0.4) is 0 Å². The Morgan fingerprint density at radius 1 is 1.23 bits per heavy atom. The molecule has 1 saturated carbocycles. The summed E-state index contributed by atoms with van der Waals surface area (Å²) in [4.78, 5) is 23.6. The molecule has 1 aliphatic carbocycles. The van der Waals surface area contributed by atoms with E-state index in [1.807, 2.05) is 0 Å². The molecule has 3 nitrogen and oxygen atoms in total. The zero-order valence-electron chi connectivity index (χ0n) is 12.5. The van der Waals surface area contributed by atoms with Gasteiger partial charge in [-0.2, -0.15) is 0 Å². The summed E-state index contributed by atoms with van der Waals surface area (Å²) in [7, 11) is 0. The first-order valence-corrected chi connectivity index (χ1v) is 8.01. The maximum atomic E-state index is 12.1. The molecule has 1 aromatic carbocycles. The molecule has 1 aromatic rings. The van der Waals surface area contributed by atoms with Gasteiger partial charge in [-0.3, -0.25) is 9.59 Å². The highest BCUT2D eigenvalue weighted by Gasteiger charge is 2.43. The number of esters is 1. The number of carbonyl (C=O) groups is 2. The van der Waals surface area contributed by atoms with Gasteiger partial charge in [-0.1, -0.05) is 36.7 Å². The van der Waals surface area contributed by atoms with Crippen LogP contribution in [0.4, 0.5) is 0 Å². The molecule has 0 amide bonds. The van der Waals surface area contributed by atoms with Crippen molar-refractivity contribution >= 4 is 35.0 Å². The monoisotopic (exact) mass is 340 g/mol. The normalized spacial score (nSPS) is 15.8. The second kappa shape index (κ2) is 6.84. The van der Waals surface area contributed by atoms with Crippen molar-refractivity contribution in [2.24, 2.45) is 0 Å². The number of carbonyl (C=O) groups excluding carboxylic acids is 2. The highest BCUT2D eigenvalue weighted by Crippen LogP contribution is 2.46. The number of rotatable bonds is 6. The number of ether oxygens (including phenoxy) is 1. The summed E-state index contributed by atoms with van der Waals surface area (Å²) in [6.07, 6.45) is 2.67. The van der Waals surface area contributed by atoms with Crippen LogP contribution in [0.5, 0.6) is 0 Å². The van der Waals surface area contributed by atoms with Crippen molar-refractivity contribution in [1.82, 2.24) is 0 Å². The topological polar surface area (TPSA) is 43.4 Å². The van der Waals surface area contributed by atoms with Crippen LogP contribution >= 0.6 is 23.2 Å². The Labute approximate surface area is 140 Å². The molecule has 2 rings (SSSR count). The summed E-state index contributed by atoms with van der Waals surface area (Å²) in [6.45, 7) is 5.38. The molecular formula is C17H18Cl2O3. The van der Waals surface area contributed by atoms with Gasteiger partial charge in [0.2, 0.25) is 0 Å². The Balaban J connectivity index is 2.13. The highest BCUT2D eigenvalue weighted by molar-refractivity contribution is 6.34. The predicted octanol–water partition coefficient (Wildman–Crippen LogP) is 4.84. The Bertz CT molecular complexity index is 598. The average Bonchev–Trinajstić information content (AvgIpc) is 2.40. The van der Waals surface area contributed by atoms with Gasteiger partial charge in [-0.25, -0.2) is 0 Å². The average molecular weight is 341 g/mol. The lowest BCUT2D eigenvalue weighted by molar-refractivity contribution is -0.171. The molecule has 1 aliphatic rings. The molecule has 0 atom stereocenters. The first-order chi connectivity index (χ1) is 10.4. The Morgan fingerprint density at radius 3 is 2.27 bits per heavy atom. The van der Waals surface area contributed by atoms with Crippen LogP contribution in [-0.2, 0) is 19.9 Å². The van der Waals surface area contributed by atoms with Crippen LogP contribution in [0.25, 0.3) is 0 Å². The first-order valence-electron chi connectivity index (χ1n) is 7.25.